The van der Waals surface area contributed by atoms with Gasteiger partial charge in [0.25, 0.3) is 0 Å². The molecular weight excluding hydrogens is 405 g/mol. The molecule has 1 amide bonds. The number of para-hydroxylation sites is 1. The first-order valence-corrected chi connectivity index (χ1v) is 10.8. The third kappa shape index (κ3) is 5.21. The van der Waals surface area contributed by atoms with Gasteiger partial charge in [-0.15, -0.1) is 0 Å². The minimum Gasteiger partial charge on any atom is -0.354 e. The van der Waals surface area contributed by atoms with E-state index in [1.165, 1.54) is 18.2 Å². The molecule has 1 aliphatic heterocycles. The van der Waals surface area contributed by atoms with Gasteiger partial charge in [0.1, 0.15) is 5.82 Å². The van der Waals surface area contributed by atoms with E-state index in [0.717, 1.165) is 5.56 Å². The number of rotatable bonds is 7. The standard InChI is InChI=1S/C19H21ClFN3O3S/c20-14-5-3-4-13(10-14)8-9-22-19(25)18-11-15(12-23-18)28(26,27)24-17-7-2-1-6-16(17)21/h1-7,10,15,18,23-24H,8-9,11-12H2,(H,22,25). The van der Waals surface area contributed by atoms with Gasteiger partial charge >= 0.3 is 0 Å². The fraction of sp³-hybridized carbons (Fsp3) is 0.316. The monoisotopic (exact) mass is 425 g/mol. The van der Waals surface area contributed by atoms with Crippen molar-refractivity contribution in [1.82, 2.24) is 10.6 Å². The first kappa shape index (κ1) is 20.6. The summed E-state index contributed by atoms with van der Waals surface area (Å²) in [6, 6.07) is 12.3. The van der Waals surface area contributed by atoms with E-state index in [4.69, 9.17) is 11.6 Å². The quantitative estimate of drug-likeness (QED) is 0.635. The van der Waals surface area contributed by atoms with Crippen LogP contribution in [-0.2, 0) is 21.2 Å². The number of benzene rings is 2. The van der Waals surface area contributed by atoms with Crippen molar-refractivity contribution in [3.63, 3.8) is 0 Å². The molecule has 28 heavy (non-hydrogen) atoms. The lowest BCUT2D eigenvalue weighted by Gasteiger charge is -2.14. The van der Waals surface area contributed by atoms with Crippen molar-refractivity contribution in [3.8, 4) is 0 Å². The van der Waals surface area contributed by atoms with Crippen LogP contribution in [0.15, 0.2) is 48.5 Å². The van der Waals surface area contributed by atoms with Crippen molar-refractivity contribution >= 4 is 33.2 Å². The van der Waals surface area contributed by atoms with Crippen molar-refractivity contribution < 1.29 is 17.6 Å². The van der Waals surface area contributed by atoms with Crippen molar-refractivity contribution in [2.24, 2.45) is 0 Å². The maximum atomic E-state index is 13.7. The van der Waals surface area contributed by atoms with Gasteiger partial charge in [-0.2, -0.15) is 0 Å². The van der Waals surface area contributed by atoms with E-state index in [-0.39, 0.29) is 24.6 Å². The molecular formula is C19H21ClFN3O3S. The second-order valence-electron chi connectivity index (χ2n) is 6.62. The zero-order valence-electron chi connectivity index (χ0n) is 15.0. The Hall–Kier alpha value is -2.16. The summed E-state index contributed by atoms with van der Waals surface area (Å²) >= 11 is 5.93. The van der Waals surface area contributed by atoms with Gasteiger partial charge in [0.05, 0.1) is 17.0 Å². The fourth-order valence-corrected chi connectivity index (χ4v) is 4.68. The summed E-state index contributed by atoms with van der Waals surface area (Å²) in [6.45, 7) is 0.540. The van der Waals surface area contributed by atoms with Crippen LogP contribution in [0.3, 0.4) is 0 Å². The van der Waals surface area contributed by atoms with Gasteiger partial charge in [-0.1, -0.05) is 35.9 Å². The number of carbonyl (C=O) groups is 1. The second-order valence-corrected chi connectivity index (χ2v) is 9.01. The summed E-state index contributed by atoms with van der Waals surface area (Å²) in [7, 11) is -3.82. The maximum absolute atomic E-state index is 13.7. The second kappa shape index (κ2) is 8.89. The number of anilines is 1. The molecule has 3 rings (SSSR count). The van der Waals surface area contributed by atoms with Gasteiger partial charge in [0.15, 0.2) is 0 Å². The minimum atomic E-state index is -3.82. The third-order valence-corrected chi connectivity index (χ3v) is 6.55. The molecule has 0 aromatic heterocycles. The largest absolute Gasteiger partial charge is 0.354 e. The zero-order valence-corrected chi connectivity index (χ0v) is 16.6. The lowest BCUT2D eigenvalue weighted by Crippen LogP contribution is -2.41. The maximum Gasteiger partial charge on any atom is 0.237 e. The van der Waals surface area contributed by atoms with E-state index in [1.807, 2.05) is 18.2 Å². The molecule has 2 aromatic carbocycles. The highest BCUT2D eigenvalue weighted by molar-refractivity contribution is 7.93. The van der Waals surface area contributed by atoms with E-state index in [1.54, 1.807) is 12.1 Å². The van der Waals surface area contributed by atoms with Gasteiger partial charge in [-0.25, -0.2) is 12.8 Å². The number of nitrogens with one attached hydrogen (secondary N) is 3. The number of hydrogen-bond donors (Lipinski definition) is 3. The SMILES string of the molecule is O=C(NCCc1cccc(Cl)c1)C1CC(S(=O)(=O)Nc2ccccc2F)CN1. The van der Waals surface area contributed by atoms with Gasteiger partial charge in [0.2, 0.25) is 15.9 Å². The molecule has 3 N–H and O–H groups in total. The molecule has 2 atom stereocenters. The van der Waals surface area contributed by atoms with Crippen molar-refractivity contribution in [3.05, 3.63) is 64.9 Å². The van der Waals surface area contributed by atoms with Crippen molar-refractivity contribution in [2.45, 2.75) is 24.1 Å². The summed E-state index contributed by atoms with van der Waals surface area (Å²) in [5.74, 6) is -0.905. The van der Waals surface area contributed by atoms with E-state index < -0.39 is 27.1 Å². The summed E-state index contributed by atoms with van der Waals surface area (Å²) in [6.07, 6.45) is 0.738. The molecule has 1 fully saturated rings. The topological polar surface area (TPSA) is 87.3 Å². The van der Waals surface area contributed by atoms with Crippen LogP contribution in [0.2, 0.25) is 5.02 Å². The summed E-state index contributed by atoms with van der Waals surface area (Å²) < 4.78 is 41.0. The number of hydrogen-bond acceptors (Lipinski definition) is 4. The molecule has 2 unspecified atom stereocenters. The van der Waals surface area contributed by atoms with E-state index >= 15 is 0 Å². The average Bonchev–Trinajstić information content (AvgIpc) is 3.15. The predicted molar refractivity (Wildman–Crippen MR) is 107 cm³/mol. The molecule has 0 saturated carbocycles. The highest BCUT2D eigenvalue weighted by Crippen LogP contribution is 2.20. The Bertz CT molecular complexity index is 955. The van der Waals surface area contributed by atoms with Crippen LogP contribution in [-0.4, -0.2) is 38.7 Å². The lowest BCUT2D eigenvalue weighted by molar-refractivity contribution is -0.122. The Labute approximate surface area is 168 Å². The number of carbonyl (C=O) groups excluding carboxylic acids is 1. The minimum absolute atomic E-state index is 0.100. The summed E-state index contributed by atoms with van der Waals surface area (Å²) in [4.78, 5) is 12.3. The Kier molecular flexibility index (Phi) is 6.53. The molecule has 0 bridgehead atoms. The zero-order chi connectivity index (χ0) is 20.1. The van der Waals surface area contributed by atoms with Gasteiger partial charge in [-0.3, -0.25) is 9.52 Å². The molecule has 1 saturated heterocycles. The number of amides is 1. The lowest BCUT2D eigenvalue weighted by atomic mass is 10.1. The van der Waals surface area contributed by atoms with E-state index in [0.29, 0.717) is 18.0 Å². The normalized spacial score (nSPS) is 19.4. The van der Waals surface area contributed by atoms with Crippen LogP contribution in [0, 0.1) is 5.82 Å². The first-order chi connectivity index (χ1) is 13.3. The van der Waals surface area contributed by atoms with Crippen molar-refractivity contribution in [2.75, 3.05) is 17.8 Å². The molecule has 1 heterocycles. The van der Waals surface area contributed by atoms with Crippen molar-refractivity contribution in [1.29, 1.82) is 0 Å². The highest BCUT2D eigenvalue weighted by Gasteiger charge is 2.37. The van der Waals surface area contributed by atoms with Crippen LogP contribution in [0.4, 0.5) is 10.1 Å². The van der Waals surface area contributed by atoms with E-state index in [9.17, 15) is 17.6 Å². The number of sulfonamides is 1. The highest BCUT2D eigenvalue weighted by atomic mass is 35.5. The molecule has 6 nitrogen and oxygen atoms in total. The molecule has 1 aliphatic rings. The molecule has 2 aromatic rings. The molecule has 0 spiro atoms. The number of halogens is 2. The van der Waals surface area contributed by atoms with E-state index in [2.05, 4.69) is 15.4 Å². The van der Waals surface area contributed by atoms with Crippen LogP contribution in [0.1, 0.15) is 12.0 Å². The fourth-order valence-electron chi connectivity index (χ4n) is 3.07. The van der Waals surface area contributed by atoms with Gasteiger partial charge in [-0.05, 0) is 42.7 Å². The Balaban J connectivity index is 1.51. The van der Waals surface area contributed by atoms with Crippen LogP contribution in [0.25, 0.3) is 0 Å². The van der Waals surface area contributed by atoms with Crippen LogP contribution < -0.4 is 15.4 Å². The Morgan fingerprint density at radius 3 is 2.75 bits per heavy atom. The first-order valence-electron chi connectivity index (χ1n) is 8.87. The molecule has 9 heteroatoms. The predicted octanol–water partition coefficient (Wildman–Crippen LogP) is 2.31. The smallest absolute Gasteiger partial charge is 0.237 e. The average molecular weight is 426 g/mol. The molecule has 0 aliphatic carbocycles. The van der Waals surface area contributed by atoms with Crippen LogP contribution in [0.5, 0.6) is 0 Å². The molecule has 0 radical (unpaired) electrons. The summed E-state index contributed by atoms with van der Waals surface area (Å²) in [5.41, 5.74) is 0.902. The Morgan fingerprint density at radius 1 is 1.21 bits per heavy atom. The van der Waals surface area contributed by atoms with Gasteiger partial charge < -0.3 is 10.6 Å². The Morgan fingerprint density at radius 2 is 2.00 bits per heavy atom. The third-order valence-electron chi connectivity index (χ3n) is 4.57. The summed E-state index contributed by atoms with van der Waals surface area (Å²) in [5, 5.41) is 5.54. The van der Waals surface area contributed by atoms with Gasteiger partial charge in [0, 0.05) is 18.1 Å². The van der Waals surface area contributed by atoms with Crippen LogP contribution >= 0.6 is 11.6 Å². The molecule has 150 valence electrons.